The van der Waals surface area contributed by atoms with Gasteiger partial charge >= 0.3 is 0 Å². The van der Waals surface area contributed by atoms with E-state index in [1.54, 1.807) is 13.3 Å². The van der Waals surface area contributed by atoms with E-state index in [-0.39, 0.29) is 5.91 Å². The summed E-state index contributed by atoms with van der Waals surface area (Å²) in [4.78, 5) is 23.4. The first kappa shape index (κ1) is 24.9. The van der Waals surface area contributed by atoms with Gasteiger partial charge in [-0.05, 0) is 75.5 Å². The topological polar surface area (TPSA) is 97.2 Å². The molecule has 2 aromatic heterocycles. The lowest BCUT2D eigenvalue weighted by molar-refractivity contribution is -0.111. The molecule has 0 fully saturated rings. The van der Waals surface area contributed by atoms with E-state index >= 15 is 0 Å². The Morgan fingerprint density at radius 1 is 1.19 bits per heavy atom. The van der Waals surface area contributed by atoms with E-state index in [0.717, 1.165) is 47.1 Å². The van der Waals surface area contributed by atoms with Gasteiger partial charge in [0.15, 0.2) is 0 Å². The lowest BCUT2D eigenvalue weighted by Gasteiger charge is -2.17. The minimum atomic E-state index is -0.274. The summed E-state index contributed by atoms with van der Waals surface area (Å²) in [5.41, 5.74) is 5.11. The molecule has 36 heavy (non-hydrogen) atoms. The van der Waals surface area contributed by atoms with E-state index in [2.05, 4.69) is 38.3 Å². The Bertz CT molecular complexity index is 1390. The number of anilines is 3. The van der Waals surface area contributed by atoms with Crippen molar-refractivity contribution in [3.8, 4) is 17.0 Å². The molecule has 0 aliphatic carbocycles. The summed E-state index contributed by atoms with van der Waals surface area (Å²) in [7, 11) is 7.61. The molecule has 1 amide bonds. The van der Waals surface area contributed by atoms with Crippen molar-refractivity contribution in [2.24, 2.45) is 7.05 Å². The largest absolute Gasteiger partial charge is 0.495 e. The Kier molecular flexibility index (Phi) is 7.60. The number of carbonyl (C=O) groups excluding carboxylic acids is 1. The van der Waals surface area contributed by atoms with Gasteiger partial charge in [0, 0.05) is 29.9 Å². The van der Waals surface area contributed by atoms with Crippen LogP contribution in [-0.4, -0.2) is 58.3 Å². The highest BCUT2D eigenvalue weighted by atomic mass is 16.5. The number of hydrogen-bond donors (Lipinski definition) is 2. The van der Waals surface area contributed by atoms with E-state index in [1.165, 1.54) is 6.08 Å². The average Bonchev–Trinajstić information content (AvgIpc) is 3.25. The van der Waals surface area contributed by atoms with E-state index in [4.69, 9.17) is 9.72 Å². The molecule has 4 rings (SSSR count). The number of nitrogens with zero attached hydrogens (tertiary/aromatic N) is 5. The first-order valence-corrected chi connectivity index (χ1v) is 11.7. The third-order valence-corrected chi connectivity index (χ3v) is 5.86. The molecule has 0 saturated heterocycles. The summed E-state index contributed by atoms with van der Waals surface area (Å²) in [6.45, 7) is 4.50. The number of carbonyl (C=O) groups is 1. The number of nitrogens with one attached hydrogen (secondary N) is 2. The van der Waals surface area contributed by atoms with Crippen LogP contribution in [0.2, 0.25) is 0 Å². The predicted octanol–water partition coefficient (Wildman–Crippen LogP) is 4.40. The highest BCUT2D eigenvalue weighted by Crippen LogP contribution is 2.34. The Balaban J connectivity index is 1.64. The molecular weight excluding hydrogens is 454 g/mol. The number of hydrogen-bond acceptors (Lipinski definition) is 7. The van der Waals surface area contributed by atoms with Gasteiger partial charge in [-0.1, -0.05) is 12.6 Å². The molecule has 0 saturated carbocycles. The second-order valence-electron chi connectivity index (χ2n) is 8.74. The summed E-state index contributed by atoms with van der Waals surface area (Å²) in [6.07, 6.45) is 6.52. The minimum absolute atomic E-state index is 0.274. The third-order valence-electron chi connectivity index (χ3n) is 5.86. The second-order valence-corrected chi connectivity index (χ2v) is 8.74. The van der Waals surface area contributed by atoms with Gasteiger partial charge in [0.2, 0.25) is 11.9 Å². The zero-order valence-corrected chi connectivity index (χ0v) is 21.1. The maximum Gasteiger partial charge on any atom is 0.247 e. The van der Waals surface area contributed by atoms with Crippen LogP contribution in [0.25, 0.3) is 22.2 Å². The van der Waals surface area contributed by atoms with Crippen molar-refractivity contribution in [2.45, 2.75) is 12.8 Å². The number of rotatable bonds is 10. The molecule has 0 radical (unpaired) electrons. The van der Waals surface area contributed by atoms with Crippen molar-refractivity contribution in [1.82, 2.24) is 24.6 Å². The summed E-state index contributed by atoms with van der Waals surface area (Å²) < 4.78 is 7.51. The monoisotopic (exact) mass is 485 g/mol. The molecule has 2 aromatic carbocycles. The lowest BCUT2D eigenvalue weighted by atomic mass is 10.0. The minimum Gasteiger partial charge on any atom is -0.495 e. The fraction of sp³-hybridized carbons (Fsp3) is 0.259. The summed E-state index contributed by atoms with van der Waals surface area (Å²) in [5.74, 6) is 0.777. The van der Waals surface area contributed by atoms with Crippen molar-refractivity contribution in [3.63, 3.8) is 0 Å². The smallest absolute Gasteiger partial charge is 0.247 e. The quantitative estimate of drug-likeness (QED) is 0.321. The van der Waals surface area contributed by atoms with E-state index in [0.29, 0.717) is 23.1 Å². The third kappa shape index (κ3) is 5.69. The van der Waals surface area contributed by atoms with Crippen LogP contribution in [0.15, 0.2) is 61.4 Å². The molecule has 0 spiro atoms. The highest BCUT2D eigenvalue weighted by molar-refractivity contribution is 6.00. The first-order valence-electron chi connectivity index (χ1n) is 11.7. The Morgan fingerprint density at radius 3 is 2.78 bits per heavy atom. The van der Waals surface area contributed by atoms with Crippen molar-refractivity contribution in [3.05, 3.63) is 67.0 Å². The van der Waals surface area contributed by atoms with Crippen LogP contribution in [0.4, 0.5) is 17.3 Å². The molecule has 2 N–H and O–H groups in total. The lowest BCUT2D eigenvalue weighted by Crippen LogP contribution is -2.15. The van der Waals surface area contributed by atoms with Crippen molar-refractivity contribution in [1.29, 1.82) is 0 Å². The average molecular weight is 486 g/mol. The number of methoxy groups -OCH3 is 1. The number of ether oxygens (including phenoxy) is 1. The van der Waals surface area contributed by atoms with Crippen LogP contribution in [0, 0.1) is 0 Å². The van der Waals surface area contributed by atoms with Gasteiger partial charge < -0.3 is 20.3 Å². The molecule has 9 heteroatoms. The van der Waals surface area contributed by atoms with E-state index < -0.39 is 0 Å². The zero-order valence-electron chi connectivity index (χ0n) is 21.1. The molecule has 186 valence electrons. The number of fused-ring (bicyclic) bond motifs is 1. The van der Waals surface area contributed by atoms with Gasteiger partial charge in [0.1, 0.15) is 5.75 Å². The number of aryl methyl sites for hydroxylation is 2. The standard InChI is InChI=1S/C27H31N7O2/c1-6-26(35)30-22-16-23(25(36-5)15-18(22)8-7-13-33(2)3)32-27-28-12-11-21(31-27)19-9-10-24-20(14-19)17-29-34(24)4/h6,9-12,14-17H,1,7-8,13H2,2-5H3,(H,30,35)(H,28,31,32). The fourth-order valence-electron chi connectivity index (χ4n) is 4.00. The molecule has 2 heterocycles. The molecule has 0 atom stereocenters. The van der Waals surface area contributed by atoms with E-state index in [1.807, 2.05) is 62.4 Å². The summed E-state index contributed by atoms with van der Waals surface area (Å²) >= 11 is 0. The molecular formula is C27H31N7O2. The molecule has 0 bridgehead atoms. The van der Waals surface area contributed by atoms with Crippen LogP contribution in [0.5, 0.6) is 5.75 Å². The van der Waals surface area contributed by atoms with Crippen molar-refractivity contribution >= 4 is 34.1 Å². The van der Waals surface area contributed by atoms with Gasteiger partial charge in [-0.15, -0.1) is 0 Å². The van der Waals surface area contributed by atoms with Crippen molar-refractivity contribution in [2.75, 3.05) is 38.4 Å². The maximum atomic E-state index is 12.1. The zero-order chi connectivity index (χ0) is 25.7. The molecule has 4 aromatic rings. The Labute approximate surface area is 210 Å². The molecule has 0 aliphatic rings. The number of aromatic nitrogens is 4. The Hall–Kier alpha value is -4.24. The number of benzene rings is 2. The van der Waals surface area contributed by atoms with Gasteiger partial charge in [-0.25, -0.2) is 9.97 Å². The second kappa shape index (κ2) is 11.0. The van der Waals surface area contributed by atoms with Gasteiger partial charge in [0.25, 0.3) is 0 Å². The van der Waals surface area contributed by atoms with Crippen molar-refractivity contribution < 1.29 is 9.53 Å². The van der Waals surface area contributed by atoms with Crippen LogP contribution in [0.1, 0.15) is 12.0 Å². The first-order chi connectivity index (χ1) is 17.4. The number of amides is 1. The van der Waals surface area contributed by atoms with Gasteiger partial charge in [-0.3, -0.25) is 9.48 Å². The summed E-state index contributed by atoms with van der Waals surface area (Å²) in [6, 6.07) is 11.8. The fourth-order valence-corrected chi connectivity index (χ4v) is 4.00. The van der Waals surface area contributed by atoms with Gasteiger partial charge in [-0.2, -0.15) is 5.10 Å². The van der Waals surface area contributed by atoms with E-state index in [9.17, 15) is 4.79 Å². The SMILES string of the molecule is C=CC(=O)Nc1cc(Nc2nccc(-c3ccc4c(cnn4C)c3)n2)c(OC)cc1CCCN(C)C. The molecule has 0 aliphatic heterocycles. The van der Waals surface area contributed by atoms with Crippen LogP contribution >= 0.6 is 0 Å². The summed E-state index contributed by atoms with van der Waals surface area (Å²) in [5, 5.41) is 11.5. The maximum absolute atomic E-state index is 12.1. The van der Waals surface area contributed by atoms with Crippen LogP contribution in [0.3, 0.4) is 0 Å². The Morgan fingerprint density at radius 2 is 2.03 bits per heavy atom. The van der Waals surface area contributed by atoms with Gasteiger partial charge in [0.05, 0.1) is 30.2 Å². The predicted molar refractivity (Wildman–Crippen MR) is 144 cm³/mol. The molecule has 9 nitrogen and oxygen atoms in total. The van der Waals surface area contributed by atoms with Crippen LogP contribution in [-0.2, 0) is 18.3 Å². The normalized spacial score (nSPS) is 11.0. The molecule has 0 unspecified atom stereocenters. The highest BCUT2D eigenvalue weighted by Gasteiger charge is 2.14. The van der Waals surface area contributed by atoms with Crippen LogP contribution < -0.4 is 15.4 Å².